The van der Waals surface area contributed by atoms with Gasteiger partial charge in [-0.1, -0.05) is 38.3 Å². The van der Waals surface area contributed by atoms with Gasteiger partial charge in [0.2, 0.25) is 0 Å². The zero-order chi connectivity index (χ0) is 14.4. The van der Waals surface area contributed by atoms with Crippen LogP contribution in [0, 0.1) is 5.92 Å². The molecule has 1 aromatic carbocycles. The summed E-state index contributed by atoms with van der Waals surface area (Å²) in [6.07, 6.45) is 6.08. The lowest BCUT2D eigenvalue weighted by Crippen LogP contribution is -2.21. The summed E-state index contributed by atoms with van der Waals surface area (Å²) in [5.41, 5.74) is 1.14. The molecule has 2 unspecified atom stereocenters. The minimum absolute atomic E-state index is 0.148. The standard InChI is InChI=1S/C17H24O3/c1-2-12-20-14-10-8-13(9-11-14)15-6-4-3-5-7-16(15)17(18)19/h8-11,15-16H,2-7,12H2,1H3,(H,18,19). The summed E-state index contributed by atoms with van der Waals surface area (Å²) in [6.45, 7) is 2.80. The highest BCUT2D eigenvalue weighted by atomic mass is 16.5. The largest absolute Gasteiger partial charge is 0.494 e. The summed E-state index contributed by atoms with van der Waals surface area (Å²) in [6, 6.07) is 8.01. The maximum atomic E-state index is 11.5. The number of carboxylic acid groups (broad SMARTS) is 1. The molecule has 2 rings (SSSR count). The third-order valence-corrected chi connectivity index (χ3v) is 4.11. The van der Waals surface area contributed by atoms with Crippen molar-refractivity contribution >= 4 is 5.97 Å². The highest BCUT2D eigenvalue weighted by Gasteiger charge is 2.30. The van der Waals surface area contributed by atoms with Crippen molar-refractivity contribution in [3.63, 3.8) is 0 Å². The molecule has 3 heteroatoms. The van der Waals surface area contributed by atoms with Gasteiger partial charge in [0, 0.05) is 0 Å². The van der Waals surface area contributed by atoms with Crippen LogP contribution in [0.2, 0.25) is 0 Å². The van der Waals surface area contributed by atoms with E-state index in [2.05, 4.69) is 6.92 Å². The van der Waals surface area contributed by atoms with Crippen LogP contribution in [0.15, 0.2) is 24.3 Å². The number of ether oxygens (including phenoxy) is 1. The van der Waals surface area contributed by atoms with Crippen molar-refractivity contribution in [2.24, 2.45) is 5.92 Å². The molecule has 1 N–H and O–H groups in total. The van der Waals surface area contributed by atoms with Crippen LogP contribution >= 0.6 is 0 Å². The van der Waals surface area contributed by atoms with Gasteiger partial charge in [-0.3, -0.25) is 4.79 Å². The summed E-state index contributed by atoms with van der Waals surface area (Å²) in [4.78, 5) is 11.5. The van der Waals surface area contributed by atoms with Crippen molar-refractivity contribution in [3.8, 4) is 5.75 Å². The van der Waals surface area contributed by atoms with Gasteiger partial charge in [-0.2, -0.15) is 0 Å². The summed E-state index contributed by atoms with van der Waals surface area (Å²) in [7, 11) is 0. The van der Waals surface area contributed by atoms with Crippen LogP contribution in [0.5, 0.6) is 5.75 Å². The van der Waals surface area contributed by atoms with Crippen LogP contribution in [0.4, 0.5) is 0 Å². The molecule has 0 aliphatic heterocycles. The van der Waals surface area contributed by atoms with Gasteiger partial charge in [-0.25, -0.2) is 0 Å². The average Bonchev–Trinajstić information content (AvgIpc) is 2.71. The average molecular weight is 276 g/mol. The Labute approximate surface area is 121 Å². The topological polar surface area (TPSA) is 46.5 Å². The van der Waals surface area contributed by atoms with Gasteiger partial charge in [0.1, 0.15) is 5.75 Å². The molecule has 1 saturated carbocycles. The number of hydrogen-bond donors (Lipinski definition) is 1. The molecule has 1 fully saturated rings. The molecule has 20 heavy (non-hydrogen) atoms. The molecule has 0 radical (unpaired) electrons. The second kappa shape index (κ2) is 7.32. The second-order valence-corrected chi connectivity index (χ2v) is 5.61. The molecule has 1 aromatic rings. The van der Waals surface area contributed by atoms with Crippen molar-refractivity contribution in [2.45, 2.75) is 51.4 Å². The predicted molar refractivity (Wildman–Crippen MR) is 79.2 cm³/mol. The number of rotatable bonds is 5. The smallest absolute Gasteiger partial charge is 0.307 e. The van der Waals surface area contributed by atoms with E-state index in [9.17, 15) is 9.90 Å². The zero-order valence-electron chi connectivity index (χ0n) is 12.2. The Morgan fingerprint density at radius 1 is 1.20 bits per heavy atom. The zero-order valence-corrected chi connectivity index (χ0v) is 12.2. The maximum Gasteiger partial charge on any atom is 0.307 e. The molecule has 1 aliphatic carbocycles. The van der Waals surface area contributed by atoms with Crippen LogP contribution in [-0.4, -0.2) is 17.7 Å². The fourth-order valence-electron chi connectivity index (χ4n) is 3.03. The van der Waals surface area contributed by atoms with E-state index in [1.54, 1.807) is 0 Å². The molecule has 0 spiro atoms. The molecule has 1 aliphatic rings. The van der Waals surface area contributed by atoms with E-state index in [0.717, 1.165) is 56.4 Å². The van der Waals surface area contributed by atoms with E-state index < -0.39 is 5.97 Å². The Balaban J connectivity index is 2.12. The maximum absolute atomic E-state index is 11.5. The van der Waals surface area contributed by atoms with Gasteiger partial charge in [0.05, 0.1) is 12.5 Å². The van der Waals surface area contributed by atoms with E-state index in [4.69, 9.17) is 4.74 Å². The quantitative estimate of drug-likeness (QED) is 0.819. The SMILES string of the molecule is CCCOc1ccc(C2CCCCCC2C(=O)O)cc1. The number of carboxylic acids is 1. The Morgan fingerprint density at radius 2 is 1.90 bits per heavy atom. The van der Waals surface area contributed by atoms with Gasteiger partial charge in [0.15, 0.2) is 0 Å². The Morgan fingerprint density at radius 3 is 2.55 bits per heavy atom. The Kier molecular flexibility index (Phi) is 5.45. The van der Waals surface area contributed by atoms with E-state index in [0.29, 0.717) is 0 Å². The van der Waals surface area contributed by atoms with Crippen LogP contribution < -0.4 is 4.74 Å². The molecule has 0 amide bonds. The van der Waals surface area contributed by atoms with Gasteiger partial charge in [-0.15, -0.1) is 0 Å². The monoisotopic (exact) mass is 276 g/mol. The lowest BCUT2D eigenvalue weighted by atomic mass is 9.82. The van der Waals surface area contributed by atoms with Crippen molar-refractivity contribution in [1.82, 2.24) is 0 Å². The highest BCUT2D eigenvalue weighted by Crippen LogP contribution is 2.37. The van der Waals surface area contributed by atoms with Crippen molar-refractivity contribution in [3.05, 3.63) is 29.8 Å². The van der Waals surface area contributed by atoms with Crippen LogP contribution in [-0.2, 0) is 4.79 Å². The number of benzene rings is 1. The van der Waals surface area contributed by atoms with Crippen molar-refractivity contribution < 1.29 is 14.6 Å². The predicted octanol–water partition coefficient (Wildman–Crippen LogP) is 4.22. The molecule has 110 valence electrons. The number of hydrogen-bond acceptors (Lipinski definition) is 2. The Hall–Kier alpha value is -1.51. The van der Waals surface area contributed by atoms with Crippen LogP contribution in [0.3, 0.4) is 0 Å². The lowest BCUT2D eigenvalue weighted by Gasteiger charge is -2.22. The Bertz CT molecular complexity index is 424. The summed E-state index contributed by atoms with van der Waals surface area (Å²) in [5.74, 6) is 0.134. The number of carbonyl (C=O) groups is 1. The van der Waals surface area contributed by atoms with Crippen LogP contribution in [0.1, 0.15) is 56.9 Å². The molecule has 3 nitrogen and oxygen atoms in total. The molecule has 0 bridgehead atoms. The summed E-state index contributed by atoms with van der Waals surface area (Å²) in [5, 5.41) is 9.44. The van der Waals surface area contributed by atoms with E-state index in [1.807, 2.05) is 24.3 Å². The first-order chi connectivity index (χ1) is 9.72. The fraction of sp³-hybridized carbons (Fsp3) is 0.588. The third-order valence-electron chi connectivity index (χ3n) is 4.11. The normalized spacial score (nSPS) is 23.1. The van der Waals surface area contributed by atoms with Gasteiger partial charge in [0.25, 0.3) is 0 Å². The number of aliphatic carboxylic acids is 1. The first-order valence-corrected chi connectivity index (χ1v) is 7.68. The van der Waals surface area contributed by atoms with Gasteiger partial charge < -0.3 is 9.84 Å². The van der Waals surface area contributed by atoms with Gasteiger partial charge >= 0.3 is 5.97 Å². The molecular weight excluding hydrogens is 252 g/mol. The highest BCUT2D eigenvalue weighted by molar-refractivity contribution is 5.71. The lowest BCUT2D eigenvalue weighted by molar-refractivity contribution is -0.142. The fourth-order valence-corrected chi connectivity index (χ4v) is 3.03. The molecule has 0 aromatic heterocycles. The molecular formula is C17H24O3. The van der Waals surface area contributed by atoms with Crippen molar-refractivity contribution in [2.75, 3.05) is 6.61 Å². The van der Waals surface area contributed by atoms with E-state index >= 15 is 0 Å². The van der Waals surface area contributed by atoms with Crippen LogP contribution in [0.25, 0.3) is 0 Å². The van der Waals surface area contributed by atoms with Crippen molar-refractivity contribution in [1.29, 1.82) is 0 Å². The first kappa shape index (κ1) is 14.9. The van der Waals surface area contributed by atoms with Gasteiger partial charge in [-0.05, 0) is 42.9 Å². The second-order valence-electron chi connectivity index (χ2n) is 5.61. The first-order valence-electron chi connectivity index (χ1n) is 7.68. The third kappa shape index (κ3) is 3.75. The molecule has 0 heterocycles. The minimum Gasteiger partial charge on any atom is -0.494 e. The van der Waals surface area contributed by atoms with E-state index in [1.165, 1.54) is 0 Å². The molecule has 2 atom stereocenters. The van der Waals surface area contributed by atoms with E-state index in [-0.39, 0.29) is 11.8 Å². The summed E-state index contributed by atoms with van der Waals surface area (Å²) >= 11 is 0. The minimum atomic E-state index is -0.650. The summed E-state index contributed by atoms with van der Waals surface area (Å²) < 4.78 is 5.58. The molecule has 0 saturated heterocycles.